The highest BCUT2D eigenvalue weighted by Gasteiger charge is 2.41. The normalized spacial score (nSPS) is 27.7. The molecule has 3 nitrogen and oxygen atoms in total. The highest BCUT2D eigenvalue weighted by atomic mass is 32.2. The summed E-state index contributed by atoms with van der Waals surface area (Å²) in [5.41, 5.74) is 0.483. The Kier molecular flexibility index (Phi) is 3.14. The second-order valence-electron chi connectivity index (χ2n) is 5.68. The molecule has 0 amide bonds. The molecule has 1 saturated carbocycles. The number of fused-ring (bicyclic) bond motifs is 1. The number of hydrogen-bond acceptors (Lipinski definition) is 2. The molecule has 19 heavy (non-hydrogen) atoms. The van der Waals surface area contributed by atoms with Gasteiger partial charge in [-0.2, -0.15) is 4.31 Å². The highest BCUT2D eigenvalue weighted by Crippen LogP contribution is 2.40. The van der Waals surface area contributed by atoms with Gasteiger partial charge in [0.25, 0.3) is 0 Å². The van der Waals surface area contributed by atoms with Crippen molar-refractivity contribution in [1.29, 1.82) is 0 Å². The molecule has 1 aromatic rings. The molecule has 2 atom stereocenters. The SMILES string of the molecule is Cc1cc(F)ccc1S(=O)(=O)N1CC2CCCC2C1. The van der Waals surface area contributed by atoms with Crippen LogP contribution in [-0.2, 0) is 10.0 Å². The Morgan fingerprint density at radius 3 is 2.42 bits per heavy atom. The number of hydrogen-bond donors (Lipinski definition) is 0. The van der Waals surface area contributed by atoms with Crippen molar-refractivity contribution in [2.75, 3.05) is 13.1 Å². The summed E-state index contributed by atoms with van der Waals surface area (Å²) < 4.78 is 39.9. The molecule has 1 aromatic carbocycles. The Bertz CT molecular complexity index is 587. The van der Waals surface area contributed by atoms with Crippen LogP contribution in [0, 0.1) is 24.6 Å². The zero-order valence-corrected chi connectivity index (χ0v) is 11.8. The Labute approximate surface area is 113 Å². The minimum absolute atomic E-state index is 0.244. The van der Waals surface area contributed by atoms with E-state index >= 15 is 0 Å². The zero-order valence-electron chi connectivity index (χ0n) is 11.0. The first kappa shape index (κ1) is 13.1. The quantitative estimate of drug-likeness (QED) is 0.836. The van der Waals surface area contributed by atoms with Gasteiger partial charge in [-0.1, -0.05) is 6.42 Å². The zero-order chi connectivity index (χ0) is 13.6. The van der Waals surface area contributed by atoms with Crippen molar-refractivity contribution in [3.63, 3.8) is 0 Å². The van der Waals surface area contributed by atoms with Crippen molar-refractivity contribution in [2.45, 2.75) is 31.1 Å². The van der Waals surface area contributed by atoms with Gasteiger partial charge in [-0.3, -0.25) is 0 Å². The van der Waals surface area contributed by atoms with Crippen LogP contribution in [0.15, 0.2) is 23.1 Å². The van der Waals surface area contributed by atoms with E-state index in [1.165, 1.54) is 24.6 Å². The number of sulfonamides is 1. The monoisotopic (exact) mass is 283 g/mol. The van der Waals surface area contributed by atoms with E-state index in [0.29, 0.717) is 30.5 Å². The summed E-state index contributed by atoms with van der Waals surface area (Å²) in [6.45, 7) is 2.90. The predicted octanol–water partition coefficient (Wildman–Crippen LogP) is 2.55. The molecule has 2 unspecified atom stereocenters. The van der Waals surface area contributed by atoms with Crippen molar-refractivity contribution in [3.05, 3.63) is 29.6 Å². The first-order chi connectivity index (χ1) is 8.98. The number of nitrogens with zero attached hydrogens (tertiary/aromatic N) is 1. The van der Waals surface area contributed by atoms with Gasteiger partial charge < -0.3 is 0 Å². The van der Waals surface area contributed by atoms with E-state index < -0.39 is 15.8 Å². The summed E-state index contributed by atoms with van der Waals surface area (Å²) in [5.74, 6) is 0.654. The van der Waals surface area contributed by atoms with Crippen LogP contribution >= 0.6 is 0 Å². The van der Waals surface area contributed by atoms with Crippen LogP contribution in [0.5, 0.6) is 0 Å². The number of halogens is 1. The summed E-state index contributed by atoms with van der Waals surface area (Å²) in [4.78, 5) is 0.244. The first-order valence-corrected chi connectivity index (χ1v) is 8.19. The molecular weight excluding hydrogens is 265 g/mol. The maximum Gasteiger partial charge on any atom is 0.243 e. The van der Waals surface area contributed by atoms with Crippen LogP contribution in [0.3, 0.4) is 0 Å². The lowest BCUT2D eigenvalue weighted by Crippen LogP contribution is -2.30. The fourth-order valence-corrected chi connectivity index (χ4v) is 5.19. The summed E-state index contributed by atoms with van der Waals surface area (Å²) in [7, 11) is -3.46. The van der Waals surface area contributed by atoms with Gasteiger partial charge in [0.05, 0.1) is 4.90 Å². The smallest absolute Gasteiger partial charge is 0.207 e. The standard InChI is InChI=1S/C14H18FNO2S/c1-10-7-13(15)5-6-14(10)19(17,18)16-8-11-3-2-4-12(11)9-16/h5-7,11-12H,2-4,8-9H2,1H3. The van der Waals surface area contributed by atoms with E-state index in [-0.39, 0.29) is 4.90 Å². The second kappa shape index (κ2) is 4.56. The van der Waals surface area contributed by atoms with Gasteiger partial charge in [0, 0.05) is 13.1 Å². The molecule has 1 aliphatic heterocycles. The van der Waals surface area contributed by atoms with E-state index in [0.717, 1.165) is 12.8 Å². The molecule has 0 N–H and O–H groups in total. The van der Waals surface area contributed by atoms with Crippen molar-refractivity contribution < 1.29 is 12.8 Å². The summed E-state index contributed by atoms with van der Waals surface area (Å²) in [5, 5.41) is 0. The molecule has 1 heterocycles. The van der Waals surface area contributed by atoms with Gasteiger partial charge in [0.15, 0.2) is 0 Å². The largest absolute Gasteiger partial charge is 0.243 e. The Morgan fingerprint density at radius 1 is 1.21 bits per heavy atom. The lowest BCUT2D eigenvalue weighted by molar-refractivity contribution is 0.445. The molecule has 0 aromatic heterocycles. The van der Waals surface area contributed by atoms with Gasteiger partial charge in [0.2, 0.25) is 10.0 Å². The molecule has 104 valence electrons. The summed E-state index contributed by atoms with van der Waals surface area (Å²) in [6.07, 6.45) is 3.50. The maximum absolute atomic E-state index is 13.1. The summed E-state index contributed by atoms with van der Waals surface area (Å²) in [6, 6.07) is 3.88. The average molecular weight is 283 g/mol. The van der Waals surface area contributed by atoms with E-state index in [1.54, 1.807) is 11.2 Å². The van der Waals surface area contributed by atoms with Gasteiger partial charge in [0.1, 0.15) is 5.82 Å². The van der Waals surface area contributed by atoms with Crippen LogP contribution in [0.1, 0.15) is 24.8 Å². The average Bonchev–Trinajstić information content (AvgIpc) is 2.87. The van der Waals surface area contributed by atoms with Crippen LogP contribution < -0.4 is 0 Å². The third kappa shape index (κ3) is 2.19. The van der Waals surface area contributed by atoms with Crippen molar-refractivity contribution in [2.24, 2.45) is 11.8 Å². The van der Waals surface area contributed by atoms with E-state index in [1.807, 2.05) is 0 Å². The van der Waals surface area contributed by atoms with Crippen molar-refractivity contribution in [3.8, 4) is 0 Å². The van der Waals surface area contributed by atoms with Crippen LogP contribution in [0.4, 0.5) is 4.39 Å². The molecule has 2 fully saturated rings. The van der Waals surface area contributed by atoms with Gasteiger partial charge in [-0.15, -0.1) is 0 Å². The predicted molar refractivity (Wildman–Crippen MR) is 70.7 cm³/mol. The Morgan fingerprint density at radius 2 is 1.84 bits per heavy atom. The van der Waals surface area contributed by atoms with E-state index in [4.69, 9.17) is 0 Å². The minimum atomic E-state index is -3.46. The van der Waals surface area contributed by atoms with Gasteiger partial charge in [-0.05, 0) is 55.4 Å². The maximum atomic E-state index is 13.1. The minimum Gasteiger partial charge on any atom is -0.207 e. The lowest BCUT2D eigenvalue weighted by Gasteiger charge is -2.18. The van der Waals surface area contributed by atoms with Gasteiger partial charge >= 0.3 is 0 Å². The Hall–Kier alpha value is -0.940. The number of benzene rings is 1. The molecule has 3 rings (SSSR count). The van der Waals surface area contributed by atoms with E-state index in [2.05, 4.69) is 0 Å². The van der Waals surface area contributed by atoms with Crippen molar-refractivity contribution in [1.82, 2.24) is 4.31 Å². The fraction of sp³-hybridized carbons (Fsp3) is 0.571. The molecule has 1 aliphatic carbocycles. The molecule has 0 radical (unpaired) electrons. The molecule has 1 saturated heterocycles. The van der Waals surface area contributed by atoms with Crippen LogP contribution in [-0.4, -0.2) is 25.8 Å². The number of rotatable bonds is 2. The lowest BCUT2D eigenvalue weighted by atomic mass is 10.0. The highest BCUT2D eigenvalue weighted by molar-refractivity contribution is 7.89. The van der Waals surface area contributed by atoms with Gasteiger partial charge in [-0.25, -0.2) is 12.8 Å². The van der Waals surface area contributed by atoms with Crippen molar-refractivity contribution >= 4 is 10.0 Å². The topological polar surface area (TPSA) is 37.4 Å². The Balaban J connectivity index is 1.91. The second-order valence-corrected chi connectivity index (χ2v) is 7.59. The third-order valence-corrected chi connectivity index (χ3v) is 6.44. The fourth-order valence-electron chi connectivity index (χ4n) is 3.43. The molecule has 2 aliphatic rings. The summed E-state index contributed by atoms with van der Waals surface area (Å²) >= 11 is 0. The molecule has 5 heteroatoms. The first-order valence-electron chi connectivity index (χ1n) is 6.75. The molecule has 0 bridgehead atoms. The molecular formula is C14H18FNO2S. The number of aryl methyl sites for hydroxylation is 1. The van der Waals surface area contributed by atoms with Crippen LogP contribution in [0.2, 0.25) is 0 Å². The van der Waals surface area contributed by atoms with E-state index in [9.17, 15) is 12.8 Å². The van der Waals surface area contributed by atoms with Crippen LogP contribution in [0.25, 0.3) is 0 Å². The molecule has 0 spiro atoms. The third-order valence-electron chi connectivity index (χ3n) is 4.45.